The van der Waals surface area contributed by atoms with E-state index in [1.165, 1.54) is 0 Å². The van der Waals surface area contributed by atoms with Crippen molar-refractivity contribution in [3.8, 4) is 0 Å². The van der Waals surface area contributed by atoms with Gasteiger partial charge in [-0.1, -0.05) is 4.57 Å². The van der Waals surface area contributed by atoms with Crippen LogP contribution in [-0.2, 0) is 23.7 Å². The maximum absolute atomic E-state index is 11.9. The Bertz CT molecular complexity index is 420. The van der Waals surface area contributed by atoms with Crippen molar-refractivity contribution in [3.05, 3.63) is 0 Å². The van der Waals surface area contributed by atoms with Crippen LogP contribution in [0.25, 0.3) is 0 Å². The highest BCUT2D eigenvalue weighted by Gasteiger charge is 2.34. The van der Waals surface area contributed by atoms with Crippen LogP contribution in [0.1, 0.15) is 25.7 Å². The summed E-state index contributed by atoms with van der Waals surface area (Å²) in [6.07, 6.45) is -1.82. The van der Waals surface area contributed by atoms with E-state index in [1.54, 1.807) is 0 Å². The van der Waals surface area contributed by atoms with E-state index in [1.807, 2.05) is 0 Å². The van der Waals surface area contributed by atoms with E-state index in [9.17, 15) is 23.7 Å². The molecule has 0 rings (SSSR count). The first-order chi connectivity index (χ1) is 10.1. The fourth-order valence-corrected chi connectivity index (χ4v) is 3.56. The molecule has 0 bridgehead atoms. The summed E-state index contributed by atoms with van der Waals surface area (Å²) in [7, 11) is -2.18. The summed E-state index contributed by atoms with van der Waals surface area (Å²) < 4.78 is 11.9. The van der Waals surface area contributed by atoms with Crippen molar-refractivity contribution in [1.29, 1.82) is 0 Å². The number of hydrogen-bond donors (Lipinski definition) is 4. The lowest BCUT2D eigenvalue weighted by Crippen LogP contribution is -2.21. The van der Waals surface area contributed by atoms with Crippen LogP contribution in [0, 0.1) is 11.8 Å². The van der Waals surface area contributed by atoms with Gasteiger partial charge in [-0.3, -0.25) is 19.2 Å². The van der Waals surface area contributed by atoms with E-state index in [2.05, 4.69) is 0 Å². The number of rotatable bonds is 12. The number of hydrogen-bond acceptors (Lipinski definition) is 5. The van der Waals surface area contributed by atoms with E-state index in [0.29, 0.717) is 0 Å². The third-order valence-corrected chi connectivity index (χ3v) is 4.66. The van der Waals surface area contributed by atoms with Gasteiger partial charge in [-0.25, -0.2) is 0 Å². The van der Waals surface area contributed by atoms with Crippen molar-refractivity contribution >= 4 is 31.7 Å². The molecule has 0 saturated carbocycles. The van der Waals surface area contributed by atoms with Crippen LogP contribution < -0.4 is 0 Å². The molecule has 0 aliphatic carbocycles. The summed E-state index contributed by atoms with van der Waals surface area (Å²) in [6, 6.07) is 0. The van der Waals surface area contributed by atoms with E-state index in [4.69, 9.17) is 20.4 Å². The van der Waals surface area contributed by atoms with Gasteiger partial charge in [0.25, 0.3) is 0 Å². The molecule has 0 aliphatic heterocycles. The van der Waals surface area contributed by atoms with Crippen molar-refractivity contribution in [2.75, 3.05) is 12.3 Å². The molecule has 0 aromatic rings. The Balaban J connectivity index is 4.57. The van der Waals surface area contributed by atoms with Crippen LogP contribution in [0.15, 0.2) is 0 Å². The molecule has 22 heavy (non-hydrogen) atoms. The molecule has 0 amide bonds. The van der Waals surface area contributed by atoms with Crippen LogP contribution in [0.2, 0.25) is 0 Å². The smallest absolute Gasteiger partial charge is 0.340 e. The van der Waals surface area contributed by atoms with E-state index in [0.717, 1.165) is 0 Å². The topological polar surface area (TPSA) is 166 Å². The van der Waals surface area contributed by atoms with Gasteiger partial charge in [0.15, 0.2) is 12.3 Å². The molecule has 124 valence electrons. The summed E-state index contributed by atoms with van der Waals surface area (Å²) >= 11 is 0. The quantitative estimate of drug-likeness (QED) is 0.379. The van der Waals surface area contributed by atoms with Gasteiger partial charge in [-0.15, -0.1) is 0 Å². The molecule has 0 aromatic heterocycles. The monoisotopic (exact) mass is 337 g/mol. The zero-order chi connectivity index (χ0) is 17.3. The fourth-order valence-electron chi connectivity index (χ4n) is 1.75. The zero-order valence-electron chi connectivity index (χ0n) is 11.7. The van der Waals surface area contributed by atoms with Crippen LogP contribution >= 0.6 is 7.80 Å². The minimum atomic E-state index is -2.18. The van der Waals surface area contributed by atoms with Gasteiger partial charge in [-0.2, -0.15) is 0 Å². The third-order valence-electron chi connectivity index (χ3n) is 2.96. The standard InChI is InChI=1S/C12H17O9P/c13-9(14)3-1-7(11(17)18)5-22(21)6-8(12(19)20)2-4-10(15)16/h7-8H,1-6H2,(H3-,13,14,15,16,17,18,19,20)/p+1. The fraction of sp³-hybridized carbons (Fsp3) is 0.667. The Kier molecular flexibility index (Phi) is 8.93. The minimum Gasteiger partial charge on any atom is -0.481 e. The van der Waals surface area contributed by atoms with Crippen molar-refractivity contribution < 1.29 is 44.2 Å². The van der Waals surface area contributed by atoms with Gasteiger partial charge < -0.3 is 20.4 Å². The van der Waals surface area contributed by atoms with Gasteiger partial charge in [0.2, 0.25) is 0 Å². The molecule has 0 fully saturated rings. The van der Waals surface area contributed by atoms with E-state index >= 15 is 0 Å². The summed E-state index contributed by atoms with van der Waals surface area (Å²) in [5.74, 6) is -7.19. The summed E-state index contributed by atoms with van der Waals surface area (Å²) in [4.78, 5) is 42.8. The average molecular weight is 337 g/mol. The molecule has 0 heterocycles. The molecule has 0 radical (unpaired) electrons. The van der Waals surface area contributed by atoms with Crippen molar-refractivity contribution in [1.82, 2.24) is 0 Å². The Morgan fingerprint density at radius 3 is 1.27 bits per heavy atom. The normalized spacial score (nSPS) is 13.9. The first-order valence-corrected chi connectivity index (χ1v) is 8.07. The highest BCUT2D eigenvalue weighted by Crippen LogP contribution is 2.31. The van der Waals surface area contributed by atoms with Gasteiger partial charge in [0.1, 0.15) is 11.8 Å². The Hall–Kier alpha value is -2.02. The molecule has 0 aromatic carbocycles. The first kappa shape index (κ1) is 20.0. The molecular weight excluding hydrogens is 319 g/mol. The summed E-state index contributed by atoms with van der Waals surface area (Å²) in [5.41, 5.74) is 0. The van der Waals surface area contributed by atoms with Crippen LogP contribution in [0.4, 0.5) is 0 Å². The molecule has 2 unspecified atom stereocenters. The molecule has 0 aliphatic rings. The SMILES string of the molecule is O=C(O)CCC(C[P+](=O)CC(CCC(=O)O)C(=O)O)C(=O)O. The second-order valence-corrected chi connectivity index (χ2v) is 6.48. The van der Waals surface area contributed by atoms with Crippen molar-refractivity contribution in [3.63, 3.8) is 0 Å². The lowest BCUT2D eigenvalue weighted by Gasteiger charge is -2.07. The van der Waals surface area contributed by atoms with Crippen molar-refractivity contribution in [2.45, 2.75) is 25.7 Å². The highest BCUT2D eigenvalue weighted by molar-refractivity contribution is 7.44. The Morgan fingerprint density at radius 1 is 0.727 bits per heavy atom. The van der Waals surface area contributed by atoms with Crippen LogP contribution in [-0.4, -0.2) is 56.6 Å². The largest absolute Gasteiger partial charge is 0.481 e. The molecule has 2 atom stereocenters. The molecule has 4 N–H and O–H groups in total. The number of carboxylic acids is 4. The number of carbonyl (C=O) groups is 4. The zero-order valence-corrected chi connectivity index (χ0v) is 12.6. The lowest BCUT2D eigenvalue weighted by atomic mass is 10.1. The molecule has 10 heteroatoms. The highest BCUT2D eigenvalue weighted by atomic mass is 31.1. The second-order valence-electron chi connectivity index (χ2n) is 4.78. The second kappa shape index (κ2) is 9.83. The molecule has 0 spiro atoms. The predicted octanol–water partition coefficient (Wildman–Crippen LogP) is 0.945. The Morgan fingerprint density at radius 2 is 1.05 bits per heavy atom. The van der Waals surface area contributed by atoms with Gasteiger partial charge in [0.05, 0.1) is 0 Å². The molecular formula is C12H18O9P+. The summed E-state index contributed by atoms with van der Waals surface area (Å²) in [6.45, 7) is 0. The van der Waals surface area contributed by atoms with E-state index < -0.39 is 43.5 Å². The Labute approximate surface area is 126 Å². The summed E-state index contributed by atoms with van der Waals surface area (Å²) in [5, 5.41) is 34.9. The maximum atomic E-state index is 11.9. The third kappa shape index (κ3) is 9.02. The molecule has 9 nitrogen and oxygen atoms in total. The lowest BCUT2D eigenvalue weighted by molar-refractivity contribution is -0.143. The number of carboxylic acid groups (broad SMARTS) is 4. The van der Waals surface area contributed by atoms with Crippen LogP contribution in [0.5, 0.6) is 0 Å². The van der Waals surface area contributed by atoms with Crippen molar-refractivity contribution in [2.24, 2.45) is 11.8 Å². The molecule has 0 saturated heterocycles. The first-order valence-electron chi connectivity index (χ1n) is 6.44. The predicted molar refractivity (Wildman–Crippen MR) is 73.3 cm³/mol. The van der Waals surface area contributed by atoms with E-state index in [-0.39, 0.29) is 38.0 Å². The van der Waals surface area contributed by atoms with Gasteiger partial charge in [-0.05, 0) is 12.8 Å². The van der Waals surface area contributed by atoms with Gasteiger partial charge >= 0.3 is 31.7 Å². The average Bonchev–Trinajstić information content (AvgIpc) is 2.38. The van der Waals surface area contributed by atoms with Crippen LogP contribution in [0.3, 0.4) is 0 Å². The van der Waals surface area contributed by atoms with Gasteiger partial charge in [0, 0.05) is 12.8 Å². The number of aliphatic carboxylic acids is 4. The maximum Gasteiger partial charge on any atom is 0.340 e. The minimum absolute atomic E-state index is 0.196.